The quantitative estimate of drug-likeness (QED) is 0.464. The second kappa shape index (κ2) is 2.80. The van der Waals surface area contributed by atoms with E-state index in [1.165, 1.54) is 25.7 Å². The Kier molecular flexibility index (Phi) is 2.32. The highest BCUT2D eigenvalue weighted by Crippen LogP contribution is 2.42. The summed E-state index contributed by atoms with van der Waals surface area (Å²) in [7, 11) is 0. The molecule has 0 saturated heterocycles. The smallest absolute Gasteiger partial charge is 0.0318 e. The molecule has 1 radical (unpaired) electrons. The van der Waals surface area contributed by atoms with Crippen LogP contribution in [0.15, 0.2) is 0 Å². The normalized spacial score (nSPS) is 29.5. The zero-order chi connectivity index (χ0) is 8.54. The highest BCUT2D eigenvalue weighted by molar-refractivity contribution is 4.92. The Morgan fingerprint density at radius 1 is 1.09 bits per heavy atom. The summed E-state index contributed by atoms with van der Waals surface area (Å²) >= 11 is 0. The molecular weight excluding hydrogens is 132 g/mol. The van der Waals surface area contributed by atoms with E-state index in [0.29, 0.717) is 10.8 Å². The second-order valence-corrected chi connectivity index (χ2v) is 5.43. The molecule has 1 aliphatic rings. The van der Waals surface area contributed by atoms with Crippen molar-refractivity contribution >= 4 is 0 Å². The summed E-state index contributed by atoms with van der Waals surface area (Å²) in [5.74, 6) is 0. The van der Waals surface area contributed by atoms with Crippen LogP contribution < -0.4 is 0 Å². The van der Waals surface area contributed by atoms with E-state index in [-0.39, 0.29) is 0 Å². The lowest BCUT2D eigenvalue weighted by Gasteiger charge is -2.31. The topological polar surface area (TPSA) is 0 Å². The van der Waals surface area contributed by atoms with Crippen LogP contribution in [0.25, 0.3) is 0 Å². The molecule has 0 aromatic heterocycles. The molecule has 0 bridgehead atoms. The number of hydrogen-bond acceptors (Lipinski definition) is 0. The second-order valence-electron chi connectivity index (χ2n) is 5.43. The molecule has 0 atom stereocenters. The van der Waals surface area contributed by atoms with Gasteiger partial charge in [0.15, 0.2) is 0 Å². The first kappa shape index (κ1) is 9.09. The van der Waals surface area contributed by atoms with Crippen molar-refractivity contribution < 1.29 is 0 Å². The number of hydrogen-bond donors (Lipinski definition) is 0. The summed E-state index contributed by atoms with van der Waals surface area (Å²) in [6.07, 6.45) is 7.95. The molecule has 1 rings (SSSR count). The van der Waals surface area contributed by atoms with E-state index in [1.54, 1.807) is 0 Å². The van der Waals surface area contributed by atoms with Crippen molar-refractivity contribution in [1.29, 1.82) is 0 Å². The molecule has 0 amide bonds. The van der Waals surface area contributed by atoms with Crippen LogP contribution in [0.4, 0.5) is 0 Å². The lowest BCUT2D eigenvalue weighted by atomic mass is 9.74. The van der Waals surface area contributed by atoms with Crippen LogP contribution in [0.1, 0.15) is 53.4 Å². The molecule has 0 heterocycles. The Morgan fingerprint density at radius 3 is 2.36 bits per heavy atom. The standard InChI is InChI=1S/C11H21/c1-10(2)7-5-6-8-11(3,4)9-10/h7H,5-6,8-9H2,1-4H3. The third kappa shape index (κ3) is 2.84. The Balaban J connectivity index is 2.62. The summed E-state index contributed by atoms with van der Waals surface area (Å²) in [6.45, 7) is 9.52. The van der Waals surface area contributed by atoms with Gasteiger partial charge in [0.1, 0.15) is 0 Å². The predicted molar refractivity (Wildman–Crippen MR) is 50.3 cm³/mol. The summed E-state index contributed by atoms with van der Waals surface area (Å²) in [6, 6.07) is 0. The molecule has 0 aliphatic heterocycles. The van der Waals surface area contributed by atoms with E-state index >= 15 is 0 Å². The summed E-state index contributed by atoms with van der Waals surface area (Å²) < 4.78 is 0. The van der Waals surface area contributed by atoms with Gasteiger partial charge in [0.05, 0.1) is 0 Å². The molecule has 1 fully saturated rings. The van der Waals surface area contributed by atoms with E-state index < -0.39 is 0 Å². The van der Waals surface area contributed by atoms with Gasteiger partial charge in [0, 0.05) is 0 Å². The summed E-state index contributed by atoms with van der Waals surface area (Å²) in [5.41, 5.74) is 1.04. The van der Waals surface area contributed by atoms with Gasteiger partial charge in [0.25, 0.3) is 0 Å². The minimum Gasteiger partial charge on any atom is -0.0599 e. The minimum atomic E-state index is 0.472. The van der Waals surface area contributed by atoms with Crippen LogP contribution in [0.2, 0.25) is 0 Å². The first-order valence-corrected chi connectivity index (χ1v) is 4.76. The third-order valence-corrected chi connectivity index (χ3v) is 2.69. The van der Waals surface area contributed by atoms with Gasteiger partial charge in [-0.25, -0.2) is 0 Å². The van der Waals surface area contributed by atoms with Crippen molar-refractivity contribution in [2.24, 2.45) is 10.8 Å². The maximum absolute atomic E-state index is 2.50. The minimum absolute atomic E-state index is 0.472. The molecule has 1 saturated carbocycles. The highest BCUT2D eigenvalue weighted by Gasteiger charge is 2.30. The van der Waals surface area contributed by atoms with Crippen molar-refractivity contribution in [3.05, 3.63) is 6.42 Å². The molecule has 0 N–H and O–H groups in total. The monoisotopic (exact) mass is 153 g/mol. The highest BCUT2D eigenvalue weighted by atomic mass is 14.4. The molecule has 0 aromatic rings. The molecule has 1 aliphatic carbocycles. The van der Waals surface area contributed by atoms with Gasteiger partial charge < -0.3 is 0 Å². The largest absolute Gasteiger partial charge is 0.0599 e. The van der Waals surface area contributed by atoms with E-state index in [1.807, 2.05) is 0 Å². The number of rotatable bonds is 0. The van der Waals surface area contributed by atoms with Gasteiger partial charge >= 0.3 is 0 Å². The fourth-order valence-electron chi connectivity index (χ4n) is 2.47. The van der Waals surface area contributed by atoms with E-state index in [0.717, 1.165) is 0 Å². The van der Waals surface area contributed by atoms with Crippen LogP contribution in [-0.2, 0) is 0 Å². The van der Waals surface area contributed by atoms with Crippen LogP contribution in [0, 0.1) is 17.3 Å². The van der Waals surface area contributed by atoms with Crippen LogP contribution in [-0.4, -0.2) is 0 Å². The molecule has 11 heavy (non-hydrogen) atoms. The van der Waals surface area contributed by atoms with Crippen molar-refractivity contribution in [1.82, 2.24) is 0 Å². The van der Waals surface area contributed by atoms with Crippen molar-refractivity contribution in [2.75, 3.05) is 0 Å². The molecular formula is C11H21. The SMILES string of the molecule is CC1(C)[CH]CCCC(C)(C)C1. The van der Waals surface area contributed by atoms with Crippen LogP contribution in [0.3, 0.4) is 0 Å². The van der Waals surface area contributed by atoms with Gasteiger partial charge in [-0.1, -0.05) is 34.1 Å². The average Bonchev–Trinajstić information content (AvgIpc) is 1.86. The lowest BCUT2D eigenvalue weighted by Crippen LogP contribution is -2.20. The predicted octanol–water partition coefficient (Wildman–Crippen LogP) is 3.82. The molecule has 65 valence electrons. The summed E-state index contributed by atoms with van der Waals surface area (Å²) in [4.78, 5) is 0. The van der Waals surface area contributed by atoms with Gasteiger partial charge in [-0.05, 0) is 36.5 Å². The Morgan fingerprint density at radius 2 is 1.73 bits per heavy atom. The van der Waals surface area contributed by atoms with E-state index in [9.17, 15) is 0 Å². The average molecular weight is 153 g/mol. The fourth-order valence-corrected chi connectivity index (χ4v) is 2.47. The molecule has 0 nitrogen and oxygen atoms in total. The van der Waals surface area contributed by atoms with Gasteiger partial charge in [-0.2, -0.15) is 0 Å². The molecule has 0 aromatic carbocycles. The van der Waals surface area contributed by atoms with E-state index in [2.05, 4.69) is 34.1 Å². The maximum atomic E-state index is 2.50. The van der Waals surface area contributed by atoms with Gasteiger partial charge in [-0.15, -0.1) is 0 Å². The van der Waals surface area contributed by atoms with E-state index in [4.69, 9.17) is 0 Å². The van der Waals surface area contributed by atoms with Crippen molar-refractivity contribution in [3.63, 3.8) is 0 Å². The van der Waals surface area contributed by atoms with Crippen molar-refractivity contribution in [2.45, 2.75) is 53.4 Å². The zero-order valence-electron chi connectivity index (χ0n) is 8.41. The maximum Gasteiger partial charge on any atom is -0.0318 e. The molecule has 0 spiro atoms. The summed E-state index contributed by atoms with van der Waals surface area (Å²) in [5, 5.41) is 0. The van der Waals surface area contributed by atoms with Crippen LogP contribution in [0.5, 0.6) is 0 Å². The fraction of sp³-hybridized carbons (Fsp3) is 0.909. The zero-order valence-corrected chi connectivity index (χ0v) is 8.41. The van der Waals surface area contributed by atoms with Crippen LogP contribution >= 0.6 is 0 Å². The lowest BCUT2D eigenvalue weighted by molar-refractivity contribution is 0.227. The van der Waals surface area contributed by atoms with Crippen molar-refractivity contribution in [3.8, 4) is 0 Å². The van der Waals surface area contributed by atoms with Gasteiger partial charge in [-0.3, -0.25) is 0 Å². The Hall–Kier alpha value is 0. The molecule has 0 heteroatoms. The first-order chi connectivity index (χ1) is 4.91. The third-order valence-electron chi connectivity index (χ3n) is 2.69. The van der Waals surface area contributed by atoms with Gasteiger partial charge in [0.2, 0.25) is 0 Å². The molecule has 0 unspecified atom stereocenters. The first-order valence-electron chi connectivity index (χ1n) is 4.76. The Bertz CT molecular complexity index is 115. The Labute approximate surface area is 71.4 Å².